The molecule has 1 heterocycles. The summed E-state index contributed by atoms with van der Waals surface area (Å²) in [6.45, 7) is 2.13. The molecule has 4 nitrogen and oxygen atoms in total. The van der Waals surface area contributed by atoms with Crippen molar-refractivity contribution in [3.8, 4) is 5.75 Å². The Kier molecular flexibility index (Phi) is 3.67. The molecule has 0 aliphatic heterocycles. The number of carbonyl (C=O) groups is 1. The Morgan fingerprint density at radius 3 is 2.83 bits per heavy atom. The third kappa shape index (κ3) is 2.71. The zero-order chi connectivity index (χ0) is 13.1. The third-order valence-corrected chi connectivity index (χ3v) is 2.84. The molecule has 0 radical (unpaired) electrons. The first-order valence-electron chi connectivity index (χ1n) is 5.46. The van der Waals surface area contributed by atoms with Crippen molar-refractivity contribution in [2.45, 2.75) is 13.5 Å². The fraction of sp³-hybridized carbons (Fsp3) is 0.231. The number of methoxy groups -OCH3 is 1. The van der Waals surface area contributed by atoms with Crippen LogP contribution in [0.2, 0.25) is 5.02 Å². The van der Waals surface area contributed by atoms with Crippen molar-refractivity contribution in [2.75, 3.05) is 7.11 Å². The van der Waals surface area contributed by atoms with Gasteiger partial charge in [-0.3, -0.25) is 9.48 Å². The number of nitrogens with zero attached hydrogens (tertiary/aromatic N) is 2. The maximum atomic E-state index is 12.0. The van der Waals surface area contributed by atoms with Gasteiger partial charge >= 0.3 is 0 Å². The van der Waals surface area contributed by atoms with Crippen molar-refractivity contribution in [1.29, 1.82) is 0 Å². The Balaban J connectivity index is 2.16. The molecule has 0 amide bonds. The number of ketones is 1. The number of aryl methyl sites for hydroxylation is 1. The number of hydrogen-bond acceptors (Lipinski definition) is 3. The Bertz CT molecular complexity index is 578. The number of Topliss-reactive ketones (excluding diaryl/α,β-unsaturated/α-hetero) is 1. The van der Waals surface area contributed by atoms with Gasteiger partial charge in [0.25, 0.3) is 0 Å². The molecule has 2 rings (SSSR count). The Morgan fingerprint density at radius 1 is 1.50 bits per heavy atom. The van der Waals surface area contributed by atoms with E-state index in [2.05, 4.69) is 5.10 Å². The molecule has 1 aromatic heterocycles. The highest BCUT2D eigenvalue weighted by Crippen LogP contribution is 2.25. The predicted octanol–water partition coefficient (Wildman–Crippen LogP) is 2.74. The molecular weight excluding hydrogens is 252 g/mol. The van der Waals surface area contributed by atoms with Crippen LogP contribution < -0.4 is 4.74 Å². The summed E-state index contributed by atoms with van der Waals surface area (Å²) in [7, 11) is 1.54. The van der Waals surface area contributed by atoms with E-state index in [9.17, 15) is 4.79 Å². The van der Waals surface area contributed by atoms with Crippen molar-refractivity contribution in [3.05, 3.63) is 46.7 Å². The van der Waals surface area contributed by atoms with Crippen LogP contribution >= 0.6 is 11.6 Å². The lowest BCUT2D eigenvalue weighted by atomic mass is 10.1. The van der Waals surface area contributed by atoms with Crippen LogP contribution in [0.15, 0.2) is 30.6 Å². The second kappa shape index (κ2) is 5.23. The first-order valence-corrected chi connectivity index (χ1v) is 5.84. The molecule has 0 saturated carbocycles. The molecule has 0 fully saturated rings. The summed E-state index contributed by atoms with van der Waals surface area (Å²) in [5, 5.41) is 4.51. The first kappa shape index (κ1) is 12.6. The van der Waals surface area contributed by atoms with Crippen LogP contribution in [0, 0.1) is 6.92 Å². The van der Waals surface area contributed by atoms with Crippen LogP contribution in [0.4, 0.5) is 0 Å². The quantitative estimate of drug-likeness (QED) is 0.798. The normalized spacial score (nSPS) is 10.4. The van der Waals surface area contributed by atoms with E-state index in [-0.39, 0.29) is 12.3 Å². The zero-order valence-corrected chi connectivity index (χ0v) is 10.9. The molecule has 94 valence electrons. The minimum Gasteiger partial charge on any atom is -0.495 e. The molecule has 1 aromatic carbocycles. The van der Waals surface area contributed by atoms with Gasteiger partial charge in [-0.15, -0.1) is 0 Å². The van der Waals surface area contributed by atoms with E-state index in [0.29, 0.717) is 16.3 Å². The Labute approximate surface area is 110 Å². The molecule has 5 heteroatoms. The number of aromatic nitrogens is 2. The van der Waals surface area contributed by atoms with E-state index < -0.39 is 0 Å². The molecule has 0 unspecified atom stereocenters. The van der Waals surface area contributed by atoms with Crippen molar-refractivity contribution in [3.63, 3.8) is 0 Å². The van der Waals surface area contributed by atoms with Crippen LogP contribution in [0.1, 0.15) is 15.9 Å². The minimum atomic E-state index is -0.0392. The number of ether oxygens (including phenoxy) is 1. The molecule has 0 aliphatic carbocycles. The van der Waals surface area contributed by atoms with Gasteiger partial charge in [0.15, 0.2) is 5.78 Å². The lowest BCUT2D eigenvalue weighted by Gasteiger charge is -2.05. The lowest BCUT2D eigenvalue weighted by Crippen LogP contribution is -2.10. The highest BCUT2D eigenvalue weighted by atomic mass is 35.5. The Morgan fingerprint density at radius 2 is 2.28 bits per heavy atom. The van der Waals surface area contributed by atoms with E-state index >= 15 is 0 Å². The first-order chi connectivity index (χ1) is 8.60. The monoisotopic (exact) mass is 264 g/mol. The summed E-state index contributed by atoms with van der Waals surface area (Å²) in [4.78, 5) is 12.0. The largest absolute Gasteiger partial charge is 0.495 e. The molecule has 2 aromatic rings. The third-order valence-electron chi connectivity index (χ3n) is 2.54. The molecule has 0 atom stereocenters. The molecule has 0 spiro atoms. The van der Waals surface area contributed by atoms with Crippen molar-refractivity contribution < 1.29 is 9.53 Å². The smallest absolute Gasteiger partial charge is 0.184 e. The fourth-order valence-electron chi connectivity index (χ4n) is 1.63. The van der Waals surface area contributed by atoms with Crippen molar-refractivity contribution >= 4 is 17.4 Å². The summed E-state index contributed by atoms with van der Waals surface area (Å²) >= 11 is 5.98. The average molecular weight is 265 g/mol. The topological polar surface area (TPSA) is 44.1 Å². The van der Waals surface area contributed by atoms with Gasteiger partial charge in [-0.2, -0.15) is 5.10 Å². The average Bonchev–Trinajstić information content (AvgIpc) is 2.74. The van der Waals surface area contributed by atoms with E-state index in [1.807, 2.05) is 13.1 Å². The minimum absolute atomic E-state index is 0.0392. The fourth-order valence-corrected chi connectivity index (χ4v) is 1.89. The summed E-state index contributed by atoms with van der Waals surface area (Å²) in [5.41, 5.74) is 1.57. The number of benzene rings is 1. The van der Waals surface area contributed by atoms with Crippen molar-refractivity contribution in [2.24, 2.45) is 0 Å². The van der Waals surface area contributed by atoms with Gasteiger partial charge in [-0.1, -0.05) is 11.6 Å². The van der Waals surface area contributed by atoms with E-state index in [0.717, 1.165) is 5.56 Å². The SMILES string of the molecule is COc1ccc(C(=O)Cn2cc(C)cn2)cc1Cl. The van der Waals surface area contributed by atoms with Crippen LogP contribution in [0.3, 0.4) is 0 Å². The van der Waals surface area contributed by atoms with Crippen LogP contribution in [-0.2, 0) is 6.54 Å². The summed E-state index contributed by atoms with van der Waals surface area (Å²) in [6.07, 6.45) is 3.54. The number of halogens is 1. The molecule has 0 saturated heterocycles. The molecule has 0 bridgehead atoms. The standard InChI is InChI=1S/C13H13ClN2O2/c1-9-6-15-16(7-9)8-12(17)10-3-4-13(18-2)11(14)5-10/h3-7H,8H2,1-2H3. The van der Waals surface area contributed by atoms with Gasteiger partial charge in [-0.25, -0.2) is 0 Å². The van der Waals surface area contributed by atoms with Crippen LogP contribution in [0.5, 0.6) is 5.75 Å². The second-order valence-electron chi connectivity index (χ2n) is 3.99. The van der Waals surface area contributed by atoms with Gasteiger partial charge in [0.05, 0.1) is 18.3 Å². The highest BCUT2D eigenvalue weighted by molar-refractivity contribution is 6.32. The molecule has 18 heavy (non-hydrogen) atoms. The maximum absolute atomic E-state index is 12.0. The zero-order valence-electron chi connectivity index (χ0n) is 10.2. The van der Waals surface area contributed by atoms with Gasteiger partial charge in [0.1, 0.15) is 12.3 Å². The van der Waals surface area contributed by atoms with Gasteiger partial charge in [0.2, 0.25) is 0 Å². The second-order valence-corrected chi connectivity index (χ2v) is 4.39. The van der Waals surface area contributed by atoms with E-state index in [1.54, 1.807) is 29.1 Å². The number of hydrogen-bond donors (Lipinski definition) is 0. The summed E-state index contributed by atoms with van der Waals surface area (Å²) < 4.78 is 6.65. The number of carbonyl (C=O) groups excluding carboxylic acids is 1. The molecule has 0 N–H and O–H groups in total. The van der Waals surface area contributed by atoms with Gasteiger partial charge in [-0.05, 0) is 30.7 Å². The maximum Gasteiger partial charge on any atom is 0.184 e. The highest BCUT2D eigenvalue weighted by Gasteiger charge is 2.10. The predicted molar refractivity (Wildman–Crippen MR) is 69.3 cm³/mol. The van der Waals surface area contributed by atoms with E-state index in [4.69, 9.17) is 16.3 Å². The molecular formula is C13H13ClN2O2. The Hall–Kier alpha value is -1.81. The summed E-state index contributed by atoms with van der Waals surface area (Å²) in [6, 6.07) is 4.99. The van der Waals surface area contributed by atoms with Gasteiger partial charge < -0.3 is 4.74 Å². The van der Waals surface area contributed by atoms with Crippen LogP contribution in [-0.4, -0.2) is 22.7 Å². The molecule has 0 aliphatic rings. The van der Waals surface area contributed by atoms with Crippen LogP contribution in [0.25, 0.3) is 0 Å². The summed E-state index contributed by atoms with van der Waals surface area (Å²) in [5.74, 6) is 0.519. The van der Waals surface area contributed by atoms with Crippen molar-refractivity contribution in [1.82, 2.24) is 9.78 Å². The lowest BCUT2D eigenvalue weighted by molar-refractivity contribution is 0.0967. The van der Waals surface area contributed by atoms with E-state index in [1.165, 1.54) is 7.11 Å². The number of rotatable bonds is 4. The van der Waals surface area contributed by atoms with Gasteiger partial charge in [0, 0.05) is 11.8 Å².